The zero-order chi connectivity index (χ0) is 10.8. The average molecular weight is 221 g/mol. The summed E-state index contributed by atoms with van der Waals surface area (Å²) in [5.41, 5.74) is 0.634. The molecule has 0 N–H and O–H groups in total. The molecule has 0 spiro atoms. The number of aryl methyl sites for hydroxylation is 1. The molecule has 0 aliphatic carbocycles. The molecule has 0 amide bonds. The van der Waals surface area contributed by atoms with Crippen molar-refractivity contribution in [3.05, 3.63) is 40.7 Å². The van der Waals surface area contributed by atoms with E-state index in [9.17, 15) is 9.18 Å². The summed E-state index contributed by atoms with van der Waals surface area (Å²) in [5.74, 6) is -0.504. The lowest BCUT2D eigenvalue weighted by atomic mass is 10.1. The van der Waals surface area contributed by atoms with Crippen molar-refractivity contribution in [3.63, 3.8) is 0 Å². The lowest BCUT2D eigenvalue weighted by molar-refractivity contribution is 0.112. The highest BCUT2D eigenvalue weighted by molar-refractivity contribution is 7.15. The van der Waals surface area contributed by atoms with Gasteiger partial charge in [0.2, 0.25) is 0 Å². The van der Waals surface area contributed by atoms with Gasteiger partial charge in [-0.25, -0.2) is 9.37 Å². The number of carbonyl (C=O) groups is 1. The predicted octanol–water partition coefficient (Wildman–Crippen LogP) is 3.07. The van der Waals surface area contributed by atoms with Gasteiger partial charge in [0, 0.05) is 16.6 Å². The molecule has 2 rings (SSSR count). The average Bonchev–Trinajstić information content (AvgIpc) is 2.64. The second-order valence-corrected chi connectivity index (χ2v) is 4.33. The highest BCUT2D eigenvalue weighted by Crippen LogP contribution is 2.28. The summed E-state index contributed by atoms with van der Waals surface area (Å²) in [6.07, 6.45) is 2.24. The molecule has 1 heterocycles. The Bertz CT molecular complexity index is 507. The van der Waals surface area contributed by atoms with Crippen LogP contribution in [0.4, 0.5) is 4.39 Å². The second-order valence-electron chi connectivity index (χ2n) is 3.09. The molecule has 1 aromatic heterocycles. The van der Waals surface area contributed by atoms with Crippen LogP contribution in [0.25, 0.3) is 10.6 Å². The van der Waals surface area contributed by atoms with Crippen LogP contribution >= 0.6 is 11.3 Å². The minimum atomic E-state index is -0.504. The molecular formula is C11H8FNOS. The molecule has 4 heteroatoms. The number of carbonyl (C=O) groups excluding carboxylic acids is 1. The number of benzene rings is 1. The van der Waals surface area contributed by atoms with Crippen LogP contribution in [-0.4, -0.2) is 11.3 Å². The molecule has 0 atom stereocenters. The van der Waals surface area contributed by atoms with Crippen LogP contribution in [-0.2, 0) is 0 Å². The Morgan fingerprint density at radius 1 is 1.47 bits per heavy atom. The lowest BCUT2D eigenvalue weighted by Crippen LogP contribution is -1.91. The maximum absolute atomic E-state index is 13.3. The molecule has 0 radical (unpaired) electrons. The standard InChI is InChI=1S/C11H8FNOS/c1-7-5-13-11(15-7)8-3-2-4-10(12)9(8)6-14/h2-6H,1H3. The summed E-state index contributed by atoms with van der Waals surface area (Å²) < 4.78 is 13.3. The first-order valence-electron chi connectivity index (χ1n) is 4.39. The number of rotatable bonds is 2. The monoisotopic (exact) mass is 221 g/mol. The van der Waals surface area contributed by atoms with Crippen molar-refractivity contribution in [3.8, 4) is 10.6 Å². The lowest BCUT2D eigenvalue weighted by Gasteiger charge is -2.01. The maximum atomic E-state index is 13.3. The largest absolute Gasteiger partial charge is 0.298 e. The van der Waals surface area contributed by atoms with E-state index in [2.05, 4.69) is 4.98 Å². The number of hydrogen-bond acceptors (Lipinski definition) is 3. The Balaban J connectivity index is 2.62. The third-order valence-electron chi connectivity index (χ3n) is 2.02. The Labute approximate surface area is 90.4 Å². The summed E-state index contributed by atoms with van der Waals surface area (Å²) in [4.78, 5) is 15.9. The van der Waals surface area contributed by atoms with Gasteiger partial charge in [0.15, 0.2) is 6.29 Å². The van der Waals surface area contributed by atoms with Crippen molar-refractivity contribution in [2.45, 2.75) is 6.92 Å². The molecule has 0 saturated heterocycles. The van der Waals surface area contributed by atoms with E-state index in [1.807, 2.05) is 6.92 Å². The molecule has 76 valence electrons. The molecular weight excluding hydrogens is 213 g/mol. The first kappa shape index (κ1) is 9.98. The second kappa shape index (κ2) is 3.90. The summed E-state index contributed by atoms with van der Waals surface area (Å²) >= 11 is 1.44. The number of hydrogen-bond donors (Lipinski definition) is 0. The molecule has 0 unspecified atom stereocenters. The molecule has 0 fully saturated rings. The number of aromatic nitrogens is 1. The van der Waals surface area contributed by atoms with E-state index in [1.54, 1.807) is 18.3 Å². The Morgan fingerprint density at radius 2 is 2.27 bits per heavy atom. The molecule has 0 aliphatic rings. The van der Waals surface area contributed by atoms with Crippen LogP contribution in [0.2, 0.25) is 0 Å². The van der Waals surface area contributed by atoms with Gasteiger partial charge < -0.3 is 0 Å². The van der Waals surface area contributed by atoms with E-state index in [4.69, 9.17) is 0 Å². The van der Waals surface area contributed by atoms with Crippen LogP contribution in [0.3, 0.4) is 0 Å². The number of nitrogens with zero attached hydrogens (tertiary/aromatic N) is 1. The molecule has 15 heavy (non-hydrogen) atoms. The molecule has 2 nitrogen and oxygen atoms in total. The van der Waals surface area contributed by atoms with Crippen molar-refractivity contribution in [1.29, 1.82) is 0 Å². The Kier molecular flexibility index (Phi) is 2.60. The third kappa shape index (κ3) is 1.80. The minimum Gasteiger partial charge on any atom is -0.298 e. The van der Waals surface area contributed by atoms with Crippen LogP contribution in [0.5, 0.6) is 0 Å². The minimum absolute atomic E-state index is 0.0758. The van der Waals surface area contributed by atoms with Gasteiger partial charge >= 0.3 is 0 Å². The summed E-state index contributed by atoms with van der Waals surface area (Å²) in [5, 5.41) is 0.675. The van der Waals surface area contributed by atoms with Gasteiger partial charge in [0.05, 0.1) is 5.56 Å². The maximum Gasteiger partial charge on any atom is 0.153 e. The fourth-order valence-electron chi connectivity index (χ4n) is 1.32. The molecule has 0 bridgehead atoms. The van der Waals surface area contributed by atoms with E-state index < -0.39 is 5.82 Å². The summed E-state index contributed by atoms with van der Waals surface area (Å²) in [6, 6.07) is 4.55. The van der Waals surface area contributed by atoms with E-state index >= 15 is 0 Å². The smallest absolute Gasteiger partial charge is 0.153 e. The van der Waals surface area contributed by atoms with Gasteiger partial charge in [0.1, 0.15) is 10.8 Å². The fourth-order valence-corrected chi connectivity index (χ4v) is 2.13. The van der Waals surface area contributed by atoms with E-state index in [1.165, 1.54) is 17.4 Å². The van der Waals surface area contributed by atoms with Crippen LogP contribution < -0.4 is 0 Å². The van der Waals surface area contributed by atoms with Gasteiger partial charge in [-0.2, -0.15) is 0 Å². The van der Waals surface area contributed by atoms with Gasteiger partial charge in [-0.15, -0.1) is 11.3 Å². The van der Waals surface area contributed by atoms with Gasteiger partial charge in [-0.05, 0) is 13.0 Å². The fraction of sp³-hybridized carbons (Fsp3) is 0.0909. The SMILES string of the molecule is Cc1cnc(-c2cccc(F)c2C=O)s1. The van der Waals surface area contributed by atoms with Crippen LogP contribution in [0, 0.1) is 12.7 Å². The Morgan fingerprint density at radius 3 is 2.87 bits per heavy atom. The van der Waals surface area contributed by atoms with Crippen molar-refractivity contribution in [1.82, 2.24) is 4.98 Å². The first-order valence-corrected chi connectivity index (χ1v) is 5.20. The number of halogens is 1. The van der Waals surface area contributed by atoms with Crippen molar-refractivity contribution in [2.75, 3.05) is 0 Å². The van der Waals surface area contributed by atoms with Crippen molar-refractivity contribution >= 4 is 17.6 Å². The van der Waals surface area contributed by atoms with Crippen molar-refractivity contribution in [2.24, 2.45) is 0 Å². The van der Waals surface area contributed by atoms with Crippen molar-refractivity contribution < 1.29 is 9.18 Å². The number of aldehydes is 1. The van der Waals surface area contributed by atoms with E-state index in [-0.39, 0.29) is 5.56 Å². The number of thiazole rings is 1. The molecule has 1 aromatic carbocycles. The summed E-state index contributed by atoms with van der Waals surface area (Å²) in [6.45, 7) is 1.92. The van der Waals surface area contributed by atoms with E-state index in [0.29, 0.717) is 16.9 Å². The topological polar surface area (TPSA) is 30.0 Å². The van der Waals surface area contributed by atoms with Crippen LogP contribution in [0.15, 0.2) is 24.4 Å². The molecule has 2 aromatic rings. The van der Waals surface area contributed by atoms with Gasteiger partial charge in [-0.3, -0.25) is 4.79 Å². The zero-order valence-electron chi connectivity index (χ0n) is 8.03. The molecule has 0 aliphatic heterocycles. The predicted molar refractivity (Wildman–Crippen MR) is 57.6 cm³/mol. The Hall–Kier alpha value is -1.55. The highest BCUT2D eigenvalue weighted by Gasteiger charge is 2.11. The van der Waals surface area contributed by atoms with E-state index in [0.717, 1.165) is 4.88 Å². The first-order chi connectivity index (χ1) is 7.22. The van der Waals surface area contributed by atoms with Crippen LogP contribution in [0.1, 0.15) is 15.2 Å². The highest BCUT2D eigenvalue weighted by atomic mass is 32.1. The third-order valence-corrected chi connectivity index (χ3v) is 2.97. The summed E-state index contributed by atoms with van der Waals surface area (Å²) in [7, 11) is 0. The van der Waals surface area contributed by atoms with Gasteiger partial charge in [0.25, 0.3) is 0 Å². The van der Waals surface area contributed by atoms with Gasteiger partial charge in [-0.1, -0.05) is 12.1 Å². The zero-order valence-corrected chi connectivity index (χ0v) is 8.84. The molecule has 0 saturated carbocycles. The normalized spacial score (nSPS) is 10.3. The quantitative estimate of drug-likeness (QED) is 0.729.